The molecular formula is C13H28N2. The summed E-state index contributed by atoms with van der Waals surface area (Å²) in [5, 5.41) is 3.76. The van der Waals surface area contributed by atoms with Gasteiger partial charge in [0.1, 0.15) is 0 Å². The van der Waals surface area contributed by atoms with Crippen LogP contribution < -0.4 is 5.32 Å². The van der Waals surface area contributed by atoms with Crippen molar-refractivity contribution in [1.29, 1.82) is 0 Å². The van der Waals surface area contributed by atoms with E-state index in [-0.39, 0.29) is 5.54 Å². The number of nitrogens with one attached hydrogen (secondary N) is 1. The van der Waals surface area contributed by atoms with Crippen molar-refractivity contribution in [2.24, 2.45) is 11.8 Å². The Balaban J connectivity index is 2.39. The zero-order valence-corrected chi connectivity index (χ0v) is 11.3. The molecule has 2 heteroatoms. The Hall–Kier alpha value is -0.0800. The molecule has 1 N–H and O–H groups in total. The van der Waals surface area contributed by atoms with Crippen molar-refractivity contribution in [1.82, 2.24) is 10.2 Å². The summed E-state index contributed by atoms with van der Waals surface area (Å²) in [6.45, 7) is 10.3. The van der Waals surface area contributed by atoms with E-state index in [4.69, 9.17) is 0 Å². The largest absolute Gasteiger partial charge is 0.312 e. The molecule has 15 heavy (non-hydrogen) atoms. The SMILES string of the molecule is CC(C)C(NCC(C)(C)N(C)C)C1CC1. The molecule has 0 aromatic carbocycles. The smallest absolute Gasteiger partial charge is 0.0271 e. The molecule has 1 fully saturated rings. The standard InChI is InChI=1S/C13H28N2/c1-10(2)12(11-7-8-11)14-9-13(3,4)15(5)6/h10-12,14H,7-9H2,1-6H3. The van der Waals surface area contributed by atoms with E-state index in [1.54, 1.807) is 0 Å². The first-order chi connectivity index (χ1) is 6.84. The Morgan fingerprint density at radius 2 is 1.80 bits per heavy atom. The molecule has 1 atom stereocenters. The topological polar surface area (TPSA) is 15.3 Å². The maximum absolute atomic E-state index is 3.76. The van der Waals surface area contributed by atoms with Gasteiger partial charge in [-0.2, -0.15) is 0 Å². The molecule has 2 nitrogen and oxygen atoms in total. The van der Waals surface area contributed by atoms with E-state index < -0.39 is 0 Å². The molecular weight excluding hydrogens is 184 g/mol. The fraction of sp³-hybridized carbons (Fsp3) is 1.00. The Bertz CT molecular complexity index is 191. The summed E-state index contributed by atoms with van der Waals surface area (Å²) in [5.41, 5.74) is 0.252. The predicted molar refractivity (Wildman–Crippen MR) is 67.1 cm³/mol. The molecule has 1 aliphatic rings. The van der Waals surface area contributed by atoms with Crippen molar-refractivity contribution in [3.63, 3.8) is 0 Å². The average Bonchev–Trinajstić information content (AvgIpc) is 2.87. The Morgan fingerprint density at radius 1 is 1.27 bits per heavy atom. The van der Waals surface area contributed by atoms with Crippen LogP contribution in [0.4, 0.5) is 0 Å². The van der Waals surface area contributed by atoms with Gasteiger partial charge in [-0.25, -0.2) is 0 Å². The van der Waals surface area contributed by atoms with E-state index in [0.717, 1.165) is 24.4 Å². The minimum absolute atomic E-state index is 0.252. The van der Waals surface area contributed by atoms with E-state index >= 15 is 0 Å². The highest BCUT2D eigenvalue weighted by molar-refractivity contribution is 4.91. The third-order valence-electron chi connectivity index (χ3n) is 3.83. The minimum Gasteiger partial charge on any atom is -0.312 e. The van der Waals surface area contributed by atoms with E-state index in [1.807, 2.05) is 0 Å². The molecule has 90 valence electrons. The second kappa shape index (κ2) is 4.84. The summed E-state index contributed by atoms with van der Waals surface area (Å²) in [7, 11) is 4.31. The van der Waals surface area contributed by atoms with Crippen LogP contribution in [0.25, 0.3) is 0 Å². The van der Waals surface area contributed by atoms with Gasteiger partial charge in [-0.3, -0.25) is 0 Å². The van der Waals surface area contributed by atoms with Crippen LogP contribution in [0.1, 0.15) is 40.5 Å². The molecule has 0 aliphatic heterocycles. The van der Waals surface area contributed by atoms with Gasteiger partial charge in [0.25, 0.3) is 0 Å². The van der Waals surface area contributed by atoms with Gasteiger partial charge in [0.2, 0.25) is 0 Å². The number of nitrogens with zero attached hydrogens (tertiary/aromatic N) is 1. The first-order valence-electron chi connectivity index (χ1n) is 6.25. The van der Waals surface area contributed by atoms with Crippen LogP contribution in [0.5, 0.6) is 0 Å². The van der Waals surface area contributed by atoms with E-state index in [0.29, 0.717) is 0 Å². The lowest BCUT2D eigenvalue weighted by molar-refractivity contribution is 0.175. The normalized spacial score (nSPS) is 20.0. The zero-order valence-electron chi connectivity index (χ0n) is 11.3. The molecule has 0 spiro atoms. The lowest BCUT2D eigenvalue weighted by atomic mass is 9.97. The Morgan fingerprint density at radius 3 is 2.13 bits per heavy atom. The summed E-state index contributed by atoms with van der Waals surface area (Å²) in [5.74, 6) is 1.71. The highest BCUT2D eigenvalue weighted by atomic mass is 15.2. The van der Waals surface area contributed by atoms with Gasteiger partial charge in [-0.05, 0) is 52.6 Å². The summed E-state index contributed by atoms with van der Waals surface area (Å²) in [6, 6.07) is 0.726. The van der Waals surface area contributed by atoms with Crippen LogP contribution in [-0.4, -0.2) is 37.1 Å². The monoisotopic (exact) mass is 212 g/mol. The number of hydrogen-bond acceptors (Lipinski definition) is 2. The van der Waals surface area contributed by atoms with Gasteiger partial charge in [0.05, 0.1) is 0 Å². The van der Waals surface area contributed by atoms with Gasteiger partial charge in [-0.15, -0.1) is 0 Å². The fourth-order valence-corrected chi connectivity index (χ4v) is 1.93. The second-order valence-electron chi connectivity index (χ2n) is 6.19. The van der Waals surface area contributed by atoms with Crippen LogP contribution in [-0.2, 0) is 0 Å². The maximum atomic E-state index is 3.76. The molecule has 0 saturated heterocycles. The summed E-state index contributed by atoms with van der Waals surface area (Å²) >= 11 is 0. The first kappa shape index (κ1) is 13.0. The highest BCUT2D eigenvalue weighted by Crippen LogP contribution is 2.35. The van der Waals surface area contributed by atoms with Crippen LogP contribution in [0.15, 0.2) is 0 Å². The lowest BCUT2D eigenvalue weighted by Crippen LogP contribution is -2.50. The average molecular weight is 212 g/mol. The lowest BCUT2D eigenvalue weighted by Gasteiger charge is -2.35. The Labute approximate surface area is 95.4 Å². The molecule has 1 aliphatic carbocycles. The number of hydrogen-bond donors (Lipinski definition) is 1. The molecule has 0 amide bonds. The molecule has 0 heterocycles. The molecule has 0 radical (unpaired) electrons. The Kier molecular flexibility index (Phi) is 4.19. The molecule has 0 bridgehead atoms. The van der Waals surface area contributed by atoms with E-state index in [2.05, 4.69) is 52.0 Å². The van der Waals surface area contributed by atoms with Crippen molar-refractivity contribution in [2.45, 2.75) is 52.1 Å². The second-order valence-corrected chi connectivity index (χ2v) is 6.19. The maximum Gasteiger partial charge on any atom is 0.0271 e. The van der Waals surface area contributed by atoms with Crippen LogP contribution >= 0.6 is 0 Å². The molecule has 1 rings (SSSR count). The van der Waals surface area contributed by atoms with Gasteiger partial charge >= 0.3 is 0 Å². The van der Waals surface area contributed by atoms with Gasteiger partial charge < -0.3 is 10.2 Å². The highest BCUT2D eigenvalue weighted by Gasteiger charge is 2.34. The van der Waals surface area contributed by atoms with Gasteiger partial charge in [0, 0.05) is 18.1 Å². The van der Waals surface area contributed by atoms with E-state index in [9.17, 15) is 0 Å². The quantitative estimate of drug-likeness (QED) is 0.727. The van der Waals surface area contributed by atoms with Gasteiger partial charge in [-0.1, -0.05) is 13.8 Å². The molecule has 0 aromatic rings. The third kappa shape index (κ3) is 3.76. The van der Waals surface area contributed by atoms with Crippen molar-refractivity contribution in [3.05, 3.63) is 0 Å². The molecule has 1 unspecified atom stereocenters. The molecule has 0 aromatic heterocycles. The predicted octanol–water partition coefficient (Wildman–Crippen LogP) is 2.35. The first-order valence-corrected chi connectivity index (χ1v) is 6.25. The summed E-state index contributed by atoms with van der Waals surface area (Å²) in [4.78, 5) is 2.30. The number of likely N-dealkylation sites (N-methyl/N-ethyl adjacent to an activating group) is 1. The van der Waals surface area contributed by atoms with Crippen LogP contribution in [0, 0.1) is 11.8 Å². The van der Waals surface area contributed by atoms with Crippen molar-refractivity contribution >= 4 is 0 Å². The van der Waals surface area contributed by atoms with Crippen molar-refractivity contribution in [3.8, 4) is 0 Å². The summed E-state index contributed by atoms with van der Waals surface area (Å²) < 4.78 is 0. The summed E-state index contributed by atoms with van der Waals surface area (Å²) in [6.07, 6.45) is 2.86. The van der Waals surface area contributed by atoms with Crippen molar-refractivity contribution in [2.75, 3.05) is 20.6 Å². The van der Waals surface area contributed by atoms with Crippen LogP contribution in [0.2, 0.25) is 0 Å². The fourth-order valence-electron chi connectivity index (χ4n) is 1.93. The third-order valence-corrected chi connectivity index (χ3v) is 3.83. The zero-order chi connectivity index (χ0) is 11.6. The van der Waals surface area contributed by atoms with Gasteiger partial charge in [0.15, 0.2) is 0 Å². The van der Waals surface area contributed by atoms with Crippen LogP contribution in [0.3, 0.4) is 0 Å². The molecule has 1 saturated carbocycles. The van der Waals surface area contributed by atoms with Crippen molar-refractivity contribution < 1.29 is 0 Å². The minimum atomic E-state index is 0.252. The van der Waals surface area contributed by atoms with E-state index in [1.165, 1.54) is 12.8 Å². The number of rotatable bonds is 6.